The van der Waals surface area contributed by atoms with Gasteiger partial charge in [0, 0.05) is 38.3 Å². The number of furan rings is 1. The fraction of sp³-hybridized carbons (Fsp3) is 0. The fourth-order valence-corrected chi connectivity index (χ4v) is 6.70. The molecule has 43 heavy (non-hydrogen) atoms. The molecule has 0 atom stereocenters. The second-order valence-corrected chi connectivity index (χ2v) is 10.8. The number of aromatic nitrogens is 2. The highest BCUT2D eigenvalue weighted by atomic mass is 16.3. The molecule has 0 unspecified atom stereocenters. The molecule has 0 saturated carbocycles. The van der Waals surface area contributed by atoms with Gasteiger partial charge in [-0.1, -0.05) is 54.6 Å². The van der Waals surface area contributed by atoms with E-state index in [1.54, 1.807) is 0 Å². The van der Waals surface area contributed by atoms with Crippen molar-refractivity contribution >= 4 is 71.2 Å². The quantitative estimate of drug-likeness (QED) is 0.202. The second-order valence-electron chi connectivity index (χ2n) is 10.8. The van der Waals surface area contributed by atoms with E-state index in [1.165, 1.54) is 0 Å². The zero-order valence-corrected chi connectivity index (χ0v) is 22.7. The van der Waals surface area contributed by atoms with Gasteiger partial charge in [0.2, 0.25) is 0 Å². The second kappa shape index (κ2) is 8.60. The zero-order chi connectivity index (χ0) is 28.7. The number of hydrogen-bond acceptors (Lipinski definition) is 2. The molecular weight excluding hydrogens is 528 g/mol. The minimum Gasteiger partial charge on any atom is -0.454 e. The summed E-state index contributed by atoms with van der Waals surface area (Å²) in [4.78, 5) is 3.72. The third kappa shape index (κ3) is 3.19. The highest BCUT2D eigenvalue weighted by Gasteiger charge is 2.20. The Morgan fingerprint density at radius 2 is 1.28 bits per heavy atom. The van der Waals surface area contributed by atoms with Gasteiger partial charge in [-0.2, -0.15) is 5.26 Å². The van der Waals surface area contributed by atoms with Crippen LogP contribution >= 0.6 is 0 Å². The van der Waals surface area contributed by atoms with Crippen molar-refractivity contribution in [2.45, 2.75) is 0 Å². The lowest BCUT2D eigenvalue weighted by Gasteiger charge is -2.13. The molecule has 0 saturated heterocycles. The van der Waals surface area contributed by atoms with Crippen molar-refractivity contribution in [1.82, 2.24) is 9.13 Å². The molecule has 6 aromatic carbocycles. The summed E-state index contributed by atoms with van der Waals surface area (Å²) in [5, 5.41) is 15.9. The maximum Gasteiger partial charge on any atom is 0.188 e. The van der Waals surface area contributed by atoms with Crippen LogP contribution in [0.1, 0.15) is 5.56 Å². The van der Waals surface area contributed by atoms with Crippen molar-refractivity contribution in [2.75, 3.05) is 0 Å². The third-order valence-electron chi connectivity index (χ3n) is 8.53. The number of para-hydroxylation sites is 2. The average Bonchev–Trinajstić information content (AvgIpc) is 3.72. The highest BCUT2D eigenvalue weighted by Crippen LogP contribution is 2.42. The maximum atomic E-state index is 9.58. The van der Waals surface area contributed by atoms with Gasteiger partial charge < -0.3 is 13.6 Å². The van der Waals surface area contributed by atoms with Crippen LogP contribution < -0.4 is 0 Å². The largest absolute Gasteiger partial charge is 0.454 e. The maximum absolute atomic E-state index is 9.58. The molecule has 0 N–H and O–H groups in total. The topological polar surface area (TPSA) is 51.1 Å². The summed E-state index contributed by atoms with van der Waals surface area (Å²) in [5.74, 6) is 0. The molecule has 0 amide bonds. The number of benzene rings is 6. The number of nitriles is 1. The minimum absolute atomic E-state index is 0.604. The van der Waals surface area contributed by atoms with Crippen LogP contribution in [-0.4, -0.2) is 9.13 Å². The van der Waals surface area contributed by atoms with Crippen LogP contribution in [0.25, 0.3) is 81.8 Å². The predicted octanol–water partition coefficient (Wildman–Crippen LogP) is 10.2. The molecule has 9 aromatic rings. The van der Waals surface area contributed by atoms with E-state index in [2.05, 4.69) is 74.6 Å². The van der Waals surface area contributed by atoms with E-state index in [-0.39, 0.29) is 0 Å². The molecule has 3 heterocycles. The molecular formula is C38H20N4O. The molecule has 198 valence electrons. The highest BCUT2D eigenvalue weighted by molar-refractivity contribution is 6.22. The summed E-state index contributed by atoms with van der Waals surface area (Å²) < 4.78 is 11.1. The molecule has 0 fully saturated rings. The Morgan fingerprint density at radius 1 is 0.581 bits per heavy atom. The first-order valence-corrected chi connectivity index (χ1v) is 14.0. The number of nitrogens with zero attached hydrogens (tertiary/aromatic N) is 4. The van der Waals surface area contributed by atoms with Crippen LogP contribution in [0.15, 0.2) is 126 Å². The van der Waals surface area contributed by atoms with Gasteiger partial charge in [0.25, 0.3) is 0 Å². The van der Waals surface area contributed by atoms with E-state index in [9.17, 15) is 5.26 Å². The Bertz CT molecular complexity index is 2710. The number of rotatable bonds is 2. The van der Waals surface area contributed by atoms with Crippen LogP contribution in [0.3, 0.4) is 0 Å². The van der Waals surface area contributed by atoms with Gasteiger partial charge >= 0.3 is 0 Å². The SMILES string of the molecule is [C-]#[N+]c1ccc2c(c1)c1ccc3c4ccccc4oc3c1n2-c1cccc(-n2c3ccccc3c3cc(C#N)ccc32)c1. The van der Waals surface area contributed by atoms with Crippen molar-refractivity contribution in [3.05, 3.63) is 138 Å². The van der Waals surface area contributed by atoms with Crippen LogP contribution in [0.2, 0.25) is 0 Å². The summed E-state index contributed by atoms with van der Waals surface area (Å²) in [6.07, 6.45) is 0. The Morgan fingerprint density at radius 3 is 2.14 bits per heavy atom. The van der Waals surface area contributed by atoms with Crippen molar-refractivity contribution < 1.29 is 4.42 Å². The Labute approximate surface area is 245 Å². The Hall–Kier alpha value is -6.30. The standard InChI is InChI=1S/C38H20N4O/c1-40-24-14-18-35-32(20-24)29-15-16-30-28-10-3-5-12-36(28)43-38(30)37(29)42(35)26-8-6-7-25(21-26)41-33-11-4-2-9-27(33)31-19-23(22-39)13-17-34(31)41/h2-21H. The van der Waals surface area contributed by atoms with Crippen molar-refractivity contribution in [3.8, 4) is 17.4 Å². The third-order valence-corrected chi connectivity index (χ3v) is 8.53. The van der Waals surface area contributed by atoms with E-state index < -0.39 is 0 Å². The number of hydrogen-bond donors (Lipinski definition) is 0. The molecule has 0 bridgehead atoms. The van der Waals surface area contributed by atoms with Crippen LogP contribution in [0.4, 0.5) is 5.69 Å². The molecule has 0 aliphatic heterocycles. The average molecular weight is 549 g/mol. The van der Waals surface area contributed by atoms with Crippen LogP contribution in [0.5, 0.6) is 0 Å². The molecule has 0 radical (unpaired) electrons. The lowest BCUT2D eigenvalue weighted by Crippen LogP contribution is -1.98. The van der Waals surface area contributed by atoms with Crippen molar-refractivity contribution in [1.29, 1.82) is 5.26 Å². The summed E-state index contributed by atoms with van der Waals surface area (Å²) in [6, 6.07) is 43.3. The predicted molar refractivity (Wildman–Crippen MR) is 173 cm³/mol. The van der Waals surface area contributed by atoms with E-state index in [4.69, 9.17) is 11.0 Å². The first-order valence-electron chi connectivity index (χ1n) is 14.0. The van der Waals surface area contributed by atoms with Gasteiger partial charge in [-0.05, 0) is 72.1 Å². The molecule has 5 heteroatoms. The van der Waals surface area contributed by atoms with Gasteiger partial charge in [-0.15, -0.1) is 0 Å². The Kier molecular flexibility index (Phi) is 4.68. The van der Waals surface area contributed by atoms with Crippen LogP contribution in [0, 0.1) is 17.9 Å². The van der Waals surface area contributed by atoms with E-state index in [0.29, 0.717) is 11.3 Å². The van der Waals surface area contributed by atoms with Gasteiger partial charge in [-0.3, -0.25) is 0 Å². The van der Waals surface area contributed by atoms with Crippen molar-refractivity contribution in [3.63, 3.8) is 0 Å². The monoisotopic (exact) mass is 548 g/mol. The molecule has 3 aromatic heterocycles. The summed E-state index contributed by atoms with van der Waals surface area (Å²) in [5.41, 5.74) is 9.02. The first kappa shape index (κ1) is 23.4. The number of fused-ring (bicyclic) bond motifs is 10. The molecule has 9 rings (SSSR count). The lowest BCUT2D eigenvalue weighted by atomic mass is 10.1. The smallest absolute Gasteiger partial charge is 0.188 e. The zero-order valence-electron chi connectivity index (χ0n) is 22.7. The van der Waals surface area contributed by atoms with E-state index in [0.717, 1.165) is 76.9 Å². The normalized spacial score (nSPS) is 11.7. The summed E-state index contributed by atoms with van der Waals surface area (Å²) in [7, 11) is 0. The van der Waals surface area contributed by atoms with Gasteiger partial charge in [0.15, 0.2) is 11.3 Å². The minimum atomic E-state index is 0.604. The van der Waals surface area contributed by atoms with Gasteiger partial charge in [-0.25, -0.2) is 4.85 Å². The molecule has 0 aliphatic carbocycles. The first-order chi connectivity index (χ1) is 21.2. The van der Waals surface area contributed by atoms with Crippen molar-refractivity contribution in [2.24, 2.45) is 0 Å². The van der Waals surface area contributed by atoms with E-state index >= 15 is 0 Å². The molecule has 0 spiro atoms. The summed E-state index contributed by atoms with van der Waals surface area (Å²) >= 11 is 0. The van der Waals surface area contributed by atoms with Gasteiger partial charge in [0.1, 0.15) is 5.58 Å². The lowest BCUT2D eigenvalue weighted by molar-refractivity contribution is 0.671. The van der Waals surface area contributed by atoms with Crippen LogP contribution in [-0.2, 0) is 0 Å². The Balaban J connectivity index is 1.39. The molecule has 5 nitrogen and oxygen atoms in total. The van der Waals surface area contributed by atoms with E-state index in [1.807, 2.05) is 66.7 Å². The summed E-state index contributed by atoms with van der Waals surface area (Å²) in [6.45, 7) is 7.65. The molecule has 0 aliphatic rings. The fourth-order valence-electron chi connectivity index (χ4n) is 6.70. The van der Waals surface area contributed by atoms with Gasteiger partial charge in [0.05, 0.1) is 40.3 Å².